The summed E-state index contributed by atoms with van der Waals surface area (Å²) < 4.78 is 22.4. The van der Waals surface area contributed by atoms with Crippen LogP contribution in [0.4, 0.5) is 5.13 Å². The van der Waals surface area contributed by atoms with Crippen LogP contribution in [-0.4, -0.2) is 19.7 Å². The van der Waals surface area contributed by atoms with Crippen LogP contribution in [0.3, 0.4) is 0 Å². The van der Waals surface area contributed by atoms with Crippen LogP contribution in [0.25, 0.3) is 11.3 Å². The first-order valence-electron chi connectivity index (χ1n) is 5.35. The molecule has 0 saturated heterocycles. The number of hydrogen-bond acceptors (Lipinski definition) is 5. The molecule has 0 amide bonds. The summed E-state index contributed by atoms with van der Waals surface area (Å²) in [6.07, 6.45) is 1.23. The first-order chi connectivity index (χ1) is 8.35. The van der Waals surface area contributed by atoms with Gasteiger partial charge < -0.3 is 5.73 Å². The molecular weight excluding hydrogens is 268 g/mol. The SMILES string of the molecule is Cc1sc(N)nc1-c1ccc(CS(C)(=O)=O)cc1. The maximum atomic E-state index is 11.2. The summed E-state index contributed by atoms with van der Waals surface area (Å²) in [6, 6.07) is 7.38. The Bertz CT molecular complexity index is 658. The van der Waals surface area contributed by atoms with Gasteiger partial charge in [0.2, 0.25) is 0 Å². The first-order valence-corrected chi connectivity index (χ1v) is 8.23. The van der Waals surface area contributed by atoms with Gasteiger partial charge in [-0.15, -0.1) is 11.3 Å². The van der Waals surface area contributed by atoms with E-state index in [-0.39, 0.29) is 5.75 Å². The van der Waals surface area contributed by atoms with Gasteiger partial charge in [0.05, 0.1) is 11.4 Å². The molecule has 0 aliphatic rings. The van der Waals surface area contributed by atoms with Crippen LogP contribution in [0.15, 0.2) is 24.3 Å². The maximum Gasteiger partial charge on any atom is 0.180 e. The molecular formula is C12H14N2O2S2. The molecule has 2 N–H and O–H groups in total. The van der Waals surface area contributed by atoms with Gasteiger partial charge >= 0.3 is 0 Å². The maximum absolute atomic E-state index is 11.2. The zero-order valence-electron chi connectivity index (χ0n) is 10.2. The molecule has 4 nitrogen and oxygen atoms in total. The average Bonchev–Trinajstić information content (AvgIpc) is 2.57. The molecule has 2 aromatic rings. The molecule has 0 bridgehead atoms. The molecule has 0 spiro atoms. The van der Waals surface area contributed by atoms with Crippen LogP contribution in [0.5, 0.6) is 0 Å². The van der Waals surface area contributed by atoms with Gasteiger partial charge in [-0.1, -0.05) is 24.3 Å². The summed E-state index contributed by atoms with van der Waals surface area (Å²) in [4.78, 5) is 5.32. The minimum absolute atomic E-state index is 0.0610. The third-order valence-corrected chi connectivity index (χ3v) is 4.13. The molecule has 0 radical (unpaired) electrons. The Kier molecular flexibility index (Phi) is 3.41. The predicted octanol–water partition coefficient (Wildman–Crippen LogP) is 2.25. The van der Waals surface area contributed by atoms with Crippen molar-refractivity contribution in [3.05, 3.63) is 34.7 Å². The Morgan fingerprint density at radius 3 is 2.33 bits per heavy atom. The summed E-state index contributed by atoms with van der Waals surface area (Å²) in [5.41, 5.74) is 8.26. The standard InChI is InChI=1S/C12H14N2O2S2/c1-8-11(14-12(13)17-8)10-5-3-9(4-6-10)7-18(2,15)16/h3-6H,7H2,1-2H3,(H2,13,14). The van der Waals surface area contributed by atoms with E-state index in [0.29, 0.717) is 5.13 Å². The second-order valence-corrected chi connectivity index (χ2v) is 7.60. The van der Waals surface area contributed by atoms with Crippen molar-refractivity contribution in [1.82, 2.24) is 4.98 Å². The van der Waals surface area contributed by atoms with E-state index in [0.717, 1.165) is 21.7 Å². The van der Waals surface area contributed by atoms with Crippen molar-refractivity contribution < 1.29 is 8.42 Å². The lowest BCUT2D eigenvalue weighted by Gasteiger charge is -2.02. The number of nitrogens with two attached hydrogens (primary N) is 1. The van der Waals surface area contributed by atoms with E-state index in [4.69, 9.17) is 5.73 Å². The fourth-order valence-corrected chi connectivity index (χ4v) is 3.26. The highest BCUT2D eigenvalue weighted by Crippen LogP contribution is 2.28. The summed E-state index contributed by atoms with van der Waals surface area (Å²) in [5.74, 6) is 0.0610. The lowest BCUT2D eigenvalue weighted by molar-refractivity contribution is 0.601. The fraction of sp³-hybridized carbons (Fsp3) is 0.250. The van der Waals surface area contributed by atoms with Crippen molar-refractivity contribution in [1.29, 1.82) is 0 Å². The summed E-state index contributed by atoms with van der Waals surface area (Å²) in [5, 5.41) is 0.544. The van der Waals surface area contributed by atoms with Crippen molar-refractivity contribution in [2.24, 2.45) is 0 Å². The topological polar surface area (TPSA) is 73.0 Å². The van der Waals surface area contributed by atoms with E-state index in [1.54, 1.807) is 0 Å². The zero-order valence-corrected chi connectivity index (χ0v) is 11.8. The fourth-order valence-electron chi connectivity index (χ4n) is 1.75. The quantitative estimate of drug-likeness (QED) is 0.937. The normalized spacial score (nSPS) is 11.7. The second kappa shape index (κ2) is 4.70. The van der Waals surface area contributed by atoms with Crippen molar-refractivity contribution >= 4 is 26.3 Å². The number of anilines is 1. The number of hydrogen-bond donors (Lipinski definition) is 1. The third-order valence-electron chi connectivity index (χ3n) is 2.47. The number of thiazole rings is 1. The van der Waals surface area contributed by atoms with Gasteiger partial charge in [-0.05, 0) is 12.5 Å². The molecule has 0 unspecified atom stereocenters. The van der Waals surface area contributed by atoms with Crippen molar-refractivity contribution in [2.45, 2.75) is 12.7 Å². The van der Waals surface area contributed by atoms with Crippen molar-refractivity contribution in [3.63, 3.8) is 0 Å². The lowest BCUT2D eigenvalue weighted by Crippen LogP contribution is -2.00. The van der Waals surface area contributed by atoms with Crippen LogP contribution in [0.1, 0.15) is 10.4 Å². The molecule has 6 heteroatoms. The summed E-state index contributed by atoms with van der Waals surface area (Å²) >= 11 is 1.45. The molecule has 0 aliphatic heterocycles. The molecule has 1 heterocycles. The Morgan fingerprint density at radius 2 is 1.89 bits per heavy atom. The predicted molar refractivity (Wildman–Crippen MR) is 75.2 cm³/mol. The summed E-state index contributed by atoms with van der Waals surface area (Å²) in [7, 11) is -2.99. The number of sulfone groups is 1. The highest BCUT2D eigenvalue weighted by Gasteiger charge is 2.09. The van der Waals surface area contributed by atoms with E-state index in [2.05, 4.69) is 4.98 Å². The smallest absolute Gasteiger partial charge is 0.180 e. The highest BCUT2D eigenvalue weighted by molar-refractivity contribution is 7.89. The second-order valence-electron chi connectivity index (χ2n) is 4.22. The van der Waals surface area contributed by atoms with Gasteiger partial charge in [0.25, 0.3) is 0 Å². The van der Waals surface area contributed by atoms with Crippen LogP contribution < -0.4 is 5.73 Å². The highest BCUT2D eigenvalue weighted by atomic mass is 32.2. The lowest BCUT2D eigenvalue weighted by atomic mass is 10.1. The molecule has 1 aromatic heterocycles. The Balaban J connectivity index is 2.30. The largest absolute Gasteiger partial charge is 0.375 e. The van der Waals surface area contributed by atoms with E-state index in [1.807, 2.05) is 31.2 Å². The van der Waals surface area contributed by atoms with E-state index < -0.39 is 9.84 Å². The van der Waals surface area contributed by atoms with E-state index in [9.17, 15) is 8.42 Å². The Labute approximate surface area is 110 Å². The van der Waals surface area contributed by atoms with Crippen LogP contribution in [0.2, 0.25) is 0 Å². The number of benzene rings is 1. The first kappa shape index (κ1) is 13.0. The van der Waals surface area contributed by atoms with E-state index in [1.165, 1.54) is 17.6 Å². The number of rotatable bonds is 3. The van der Waals surface area contributed by atoms with E-state index >= 15 is 0 Å². The molecule has 1 aromatic carbocycles. The zero-order chi connectivity index (χ0) is 13.3. The van der Waals surface area contributed by atoms with Gasteiger partial charge in [-0.3, -0.25) is 0 Å². The molecule has 0 saturated carbocycles. The number of nitrogens with zero attached hydrogens (tertiary/aromatic N) is 1. The third kappa shape index (κ3) is 3.08. The number of nitrogen functional groups attached to an aromatic ring is 1. The van der Waals surface area contributed by atoms with Crippen molar-refractivity contribution in [3.8, 4) is 11.3 Å². The Morgan fingerprint density at radius 1 is 1.28 bits per heavy atom. The molecule has 2 rings (SSSR count). The molecule has 18 heavy (non-hydrogen) atoms. The van der Waals surface area contributed by atoms with Gasteiger partial charge in [0.15, 0.2) is 15.0 Å². The molecule has 96 valence electrons. The molecule has 0 fully saturated rings. The minimum atomic E-state index is -2.99. The monoisotopic (exact) mass is 282 g/mol. The van der Waals surface area contributed by atoms with Crippen LogP contribution in [0, 0.1) is 6.92 Å². The molecule has 0 atom stereocenters. The van der Waals surface area contributed by atoms with Crippen LogP contribution in [-0.2, 0) is 15.6 Å². The number of aromatic nitrogens is 1. The van der Waals surface area contributed by atoms with Gasteiger partial charge in [0.1, 0.15) is 0 Å². The van der Waals surface area contributed by atoms with Gasteiger partial charge in [-0.25, -0.2) is 13.4 Å². The Hall–Kier alpha value is -1.40. The summed E-state index contributed by atoms with van der Waals surface area (Å²) in [6.45, 7) is 1.97. The molecule has 0 aliphatic carbocycles. The van der Waals surface area contributed by atoms with Crippen molar-refractivity contribution in [2.75, 3.05) is 12.0 Å². The minimum Gasteiger partial charge on any atom is -0.375 e. The van der Waals surface area contributed by atoms with Gasteiger partial charge in [0, 0.05) is 16.7 Å². The number of aryl methyl sites for hydroxylation is 1. The average molecular weight is 282 g/mol. The van der Waals surface area contributed by atoms with Gasteiger partial charge in [-0.2, -0.15) is 0 Å². The van der Waals surface area contributed by atoms with Crippen LogP contribution >= 0.6 is 11.3 Å².